The van der Waals surface area contributed by atoms with Crippen LogP contribution in [-0.4, -0.2) is 49.0 Å². The van der Waals surface area contributed by atoms with Gasteiger partial charge in [0.05, 0.1) is 5.69 Å². The molecule has 16 heteroatoms. The third-order valence-electron chi connectivity index (χ3n) is 4.35. The highest BCUT2D eigenvalue weighted by molar-refractivity contribution is 5.94. The van der Waals surface area contributed by atoms with Crippen LogP contribution in [0, 0.1) is 6.92 Å². The molecule has 2 rings (SSSR count). The lowest BCUT2D eigenvalue weighted by atomic mass is 10.1. The van der Waals surface area contributed by atoms with Crippen molar-refractivity contribution >= 4 is 11.6 Å². The largest absolute Gasteiger partial charge is 0.423 e. The minimum Gasteiger partial charge on any atom is -0.348 e. The van der Waals surface area contributed by atoms with Crippen molar-refractivity contribution in [1.29, 1.82) is 0 Å². The molecule has 0 N–H and O–H groups in total. The average Bonchev–Trinajstić information content (AvgIpc) is 2.85. The maximum atomic E-state index is 13.0. The number of hydrogen-bond acceptors (Lipinski definition) is 3. The average molecular weight is 507 g/mol. The number of amides is 1. The fourth-order valence-electron chi connectivity index (χ4n) is 3.12. The summed E-state index contributed by atoms with van der Waals surface area (Å²) in [6.45, 7) is 1.96. The predicted molar refractivity (Wildman–Crippen MR) is 84.8 cm³/mol. The molecule has 1 aromatic carbocycles. The Morgan fingerprint density at radius 3 is 1.64 bits per heavy atom. The lowest BCUT2D eigenvalue weighted by molar-refractivity contribution is -0.356. The van der Waals surface area contributed by atoms with E-state index in [1.54, 1.807) is 0 Å². The first-order chi connectivity index (χ1) is 14.7. The number of benzene rings is 1. The lowest BCUT2D eigenvalue weighted by Crippen LogP contribution is -2.53. The van der Waals surface area contributed by atoms with Crippen molar-refractivity contribution < 1.29 is 67.0 Å². The van der Waals surface area contributed by atoms with E-state index in [9.17, 15) is 57.5 Å². The molecule has 1 heterocycles. The summed E-state index contributed by atoms with van der Waals surface area (Å²) in [6, 6.07) is 2.87. The summed E-state index contributed by atoms with van der Waals surface area (Å²) < 4.78 is 164. The summed E-state index contributed by atoms with van der Waals surface area (Å²) in [5.74, 6) is -1.32. The van der Waals surface area contributed by atoms with E-state index < -0.39 is 66.4 Å². The van der Waals surface area contributed by atoms with Crippen LogP contribution in [0.2, 0.25) is 0 Å². The van der Waals surface area contributed by atoms with Gasteiger partial charge in [0, 0.05) is 12.5 Å². The number of fused-ring (bicyclic) bond motifs is 1. The molecule has 1 aliphatic rings. The SMILES string of the molecule is CC(=O)N1c2cc(C)ccc2C(OC(C(F)(F)F)C(F)(F)F)C1OC(C(F)(F)F)C(F)(F)F. The third kappa shape index (κ3) is 5.83. The van der Waals surface area contributed by atoms with Crippen molar-refractivity contribution in [3.63, 3.8) is 0 Å². The van der Waals surface area contributed by atoms with Gasteiger partial charge in [0.25, 0.3) is 6.10 Å². The minimum absolute atomic E-state index is 0.0846. The summed E-state index contributed by atoms with van der Waals surface area (Å²) in [5.41, 5.74) is -1.04. The molecule has 1 amide bonds. The second-order valence-electron chi connectivity index (χ2n) is 6.96. The van der Waals surface area contributed by atoms with Crippen LogP contribution in [0.5, 0.6) is 0 Å². The Hall–Kier alpha value is -2.23. The van der Waals surface area contributed by atoms with Crippen molar-refractivity contribution in [3.05, 3.63) is 29.3 Å². The standard InChI is InChI=1S/C17H13F12NO3/c1-6-3-4-8-9(5-6)30(7(2)31)11(33-13(16(24,25)26)17(27,28)29)10(8)32-12(14(18,19)20)15(21,22)23/h3-5,10-13H,1-2H3. The van der Waals surface area contributed by atoms with Gasteiger partial charge in [-0.05, 0) is 18.6 Å². The second-order valence-corrected chi connectivity index (χ2v) is 6.96. The van der Waals surface area contributed by atoms with Crippen LogP contribution in [0.15, 0.2) is 18.2 Å². The van der Waals surface area contributed by atoms with Gasteiger partial charge in [-0.1, -0.05) is 12.1 Å². The van der Waals surface area contributed by atoms with Gasteiger partial charge in [-0.25, -0.2) is 0 Å². The zero-order valence-corrected chi connectivity index (χ0v) is 16.2. The summed E-state index contributed by atoms with van der Waals surface area (Å²) >= 11 is 0. The van der Waals surface area contributed by atoms with Gasteiger partial charge in [-0.3, -0.25) is 9.69 Å². The molecule has 0 saturated heterocycles. The van der Waals surface area contributed by atoms with E-state index in [1.807, 2.05) is 0 Å². The smallest absolute Gasteiger partial charge is 0.348 e. The number of halogens is 12. The first kappa shape index (κ1) is 27.0. The predicted octanol–water partition coefficient (Wildman–Crippen LogP) is 5.75. The Labute approximate surface area is 177 Å². The zero-order chi connectivity index (χ0) is 25.7. The molecule has 0 bridgehead atoms. The third-order valence-corrected chi connectivity index (χ3v) is 4.35. The topological polar surface area (TPSA) is 38.8 Å². The quantitative estimate of drug-likeness (QED) is 0.488. The molecular formula is C17H13F12NO3. The van der Waals surface area contributed by atoms with Gasteiger partial charge in [-0.2, -0.15) is 52.7 Å². The van der Waals surface area contributed by atoms with Crippen LogP contribution in [0.1, 0.15) is 24.2 Å². The molecule has 0 radical (unpaired) electrons. The van der Waals surface area contributed by atoms with Gasteiger partial charge in [0.15, 0.2) is 6.23 Å². The summed E-state index contributed by atoms with van der Waals surface area (Å²) in [4.78, 5) is 12.1. The van der Waals surface area contributed by atoms with E-state index in [0.717, 1.165) is 18.2 Å². The summed E-state index contributed by atoms with van der Waals surface area (Å²) in [5, 5.41) is 0. The number of anilines is 1. The fraction of sp³-hybridized carbons (Fsp3) is 0.588. The van der Waals surface area contributed by atoms with Crippen molar-refractivity contribution in [2.24, 2.45) is 0 Å². The van der Waals surface area contributed by atoms with Crippen molar-refractivity contribution in [2.45, 2.75) is 63.1 Å². The van der Waals surface area contributed by atoms with Crippen molar-refractivity contribution in [3.8, 4) is 0 Å². The monoisotopic (exact) mass is 507 g/mol. The highest BCUT2D eigenvalue weighted by Crippen LogP contribution is 2.49. The number of nitrogens with zero attached hydrogens (tertiary/aromatic N) is 1. The lowest BCUT2D eigenvalue weighted by Gasteiger charge is -2.34. The van der Waals surface area contributed by atoms with E-state index in [2.05, 4.69) is 9.47 Å². The molecule has 4 nitrogen and oxygen atoms in total. The highest BCUT2D eigenvalue weighted by Gasteiger charge is 2.63. The van der Waals surface area contributed by atoms with Crippen LogP contribution in [0.4, 0.5) is 58.4 Å². The number of carbonyl (C=O) groups excluding carboxylic acids is 1. The van der Waals surface area contributed by atoms with Gasteiger partial charge < -0.3 is 9.47 Å². The van der Waals surface area contributed by atoms with Crippen LogP contribution in [0.25, 0.3) is 0 Å². The van der Waals surface area contributed by atoms with E-state index >= 15 is 0 Å². The molecule has 2 atom stereocenters. The number of alkyl halides is 12. The molecule has 0 saturated carbocycles. The molecule has 188 valence electrons. The Balaban J connectivity index is 2.68. The minimum atomic E-state index is -6.18. The molecule has 1 aromatic rings. The van der Waals surface area contributed by atoms with E-state index in [-0.39, 0.29) is 10.5 Å². The van der Waals surface area contributed by atoms with E-state index in [0.29, 0.717) is 6.92 Å². The highest BCUT2D eigenvalue weighted by atomic mass is 19.4. The van der Waals surface area contributed by atoms with E-state index in [4.69, 9.17) is 0 Å². The number of ether oxygens (including phenoxy) is 2. The van der Waals surface area contributed by atoms with Crippen LogP contribution in [-0.2, 0) is 14.3 Å². The maximum absolute atomic E-state index is 13.0. The zero-order valence-electron chi connectivity index (χ0n) is 16.2. The van der Waals surface area contributed by atoms with Gasteiger partial charge in [0.2, 0.25) is 12.0 Å². The first-order valence-electron chi connectivity index (χ1n) is 8.63. The molecule has 0 spiro atoms. The number of rotatable bonds is 4. The van der Waals surface area contributed by atoms with Gasteiger partial charge in [0.1, 0.15) is 6.10 Å². The molecule has 2 unspecified atom stereocenters. The molecule has 0 aliphatic carbocycles. The molecular weight excluding hydrogens is 494 g/mol. The normalized spacial score (nSPS) is 20.1. The Morgan fingerprint density at radius 2 is 1.24 bits per heavy atom. The molecule has 1 aliphatic heterocycles. The maximum Gasteiger partial charge on any atom is 0.423 e. The summed E-state index contributed by atoms with van der Waals surface area (Å²) in [7, 11) is 0. The van der Waals surface area contributed by atoms with Crippen LogP contribution in [0.3, 0.4) is 0 Å². The molecule has 33 heavy (non-hydrogen) atoms. The molecule has 0 aromatic heterocycles. The van der Waals surface area contributed by atoms with Crippen LogP contribution >= 0.6 is 0 Å². The molecule has 0 fully saturated rings. The Bertz CT molecular complexity index is 846. The van der Waals surface area contributed by atoms with Crippen LogP contribution < -0.4 is 4.90 Å². The summed E-state index contributed by atoms with van der Waals surface area (Å²) in [6.07, 6.45) is -39.7. The number of carbonyl (C=O) groups is 1. The first-order valence-corrected chi connectivity index (χ1v) is 8.63. The van der Waals surface area contributed by atoms with Gasteiger partial charge in [-0.15, -0.1) is 0 Å². The Kier molecular flexibility index (Phi) is 6.98. The van der Waals surface area contributed by atoms with Gasteiger partial charge >= 0.3 is 24.7 Å². The van der Waals surface area contributed by atoms with Crippen molar-refractivity contribution in [2.75, 3.05) is 4.90 Å². The number of hydrogen-bond donors (Lipinski definition) is 0. The van der Waals surface area contributed by atoms with Crippen molar-refractivity contribution in [1.82, 2.24) is 0 Å². The number of aryl methyl sites for hydroxylation is 1. The Morgan fingerprint density at radius 1 is 0.818 bits per heavy atom. The van der Waals surface area contributed by atoms with E-state index in [1.165, 1.54) is 6.92 Å². The second kappa shape index (κ2) is 8.52. The fourth-order valence-corrected chi connectivity index (χ4v) is 3.12.